The van der Waals surface area contributed by atoms with Crippen LogP contribution in [0.2, 0.25) is 0 Å². The number of fused-ring (bicyclic) bond motifs is 1. The van der Waals surface area contributed by atoms with Crippen LogP contribution in [-0.4, -0.2) is 29.4 Å². The monoisotopic (exact) mass is 565 g/mol. The lowest BCUT2D eigenvalue weighted by Crippen LogP contribution is -2.37. The van der Waals surface area contributed by atoms with Crippen molar-refractivity contribution in [2.24, 2.45) is 5.92 Å². The fourth-order valence-corrected chi connectivity index (χ4v) is 5.36. The number of non-ortho nitro benzene ring substituents is 1. The molecule has 2 amide bonds. The molecular weight excluding hydrogens is 538 g/mol. The van der Waals surface area contributed by atoms with Crippen molar-refractivity contribution in [3.63, 3.8) is 0 Å². The molecule has 0 radical (unpaired) electrons. The summed E-state index contributed by atoms with van der Waals surface area (Å²) < 4.78 is 12.0. The second-order valence-electron chi connectivity index (χ2n) is 9.86. The van der Waals surface area contributed by atoms with Gasteiger partial charge in [-0.3, -0.25) is 24.5 Å². The average Bonchev–Trinajstić information content (AvgIpc) is 3.53. The Hall–Kier alpha value is -5.22. The maximum Gasteiger partial charge on any atom is 0.269 e. The topological polar surface area (TPSA) is 111 Å². The van der Waals surface area contributed by atoms with Crippen molar-refractivity contribution in [3.05, 3.63) is 124 Å². The number of hydrogen-bond acceptors (Lipinski definition) is 8. The van der Waals surface area contributed by atoms with Crippen LogP contribution in [0.15, 0.2) is 103 Å². The number of nitrogens with zero attached hydrogens (tertiary/aromatic N) is 3. The maximum atomic E-state index is 13.9. The third kappa shape index (κ3) is 4.92. The molecule has 10 heteroatoms. The Morgan fingerprint density at radius 3 is 2.17 bits per heavy atom. The lowest BCUT2D eigenvalue weighted by molar-refractivity contribution is -0.384. The van der Waals surface area contributed by atoms with E-state index in [0.717, 1.165) is 10.5 Å². The zero-order valence-electron chi connectivity index (χ0n) is 22.7. The zero-order valence-corrected chi connectivity index (χ0v) is 22.7. The molecule has 4 aromatic rings. The number of anilines is 2. The van der Waals surface area contributed by atoms with E-state index in [9.17, 15) is 19.7 Å². The van der Waals surface area contributed by atoms with Crippen LogP contribution in [0.25, 0.3) is 0 Å². The van der Waals surface area contributed by atoms with Crippen LogP contribution < -0.4 is 19.4 Å². The number of hydrogen-bond donors (Lipinski definition) is 0. The van der Waals surface area contributed by atoms with Crippen molar-refractivity contribution in [2.75, 3.05) is 16.6 Å². The molecule has 0 bridgehead atoms. The SMILES string of the molecule is CCOc1cc([C@@H]2[C@@H]3C(=O)N(c4ccc([N+](=O)[O-])cc4)C(=O)[C@H]3ON2c2ccccc2)ccc1OCc1ccccc1. The van der Waals surface area contributed by atoms with Crippen molar-refractivity contribution < 1.29 is 28.8 Å². The molecule has 212 valence electrons. The highest BCUT2D eigenvalue weighted by Crippen LogP contribution is 2.48. The lowest BCUT2D eigenvalue weighted by Gasteiger charge is -2.29. The Bertz CT molecular complexity index is 1610. The first kappa shape index (κ1) is 27.0. The number of carbonyl (C=O) groups is 2. The van der Waals surface area contributed by atoms with Gasteiger partial charge in [-0.2, -0.15) is 0 Å². The number of rotatable bonds is 9. The summed E-state index contributed by atoms with van der Waals surface area (Å²) in [6, 6.07) is 29.2. The molecule has 2 aliphatic rings. The molecule has 42 heavy (non-hydrogen) atoms. The first-order valence-corrected chi connectivity index (χ1v) is 13.5. The normalized spacial score (nSPS) is 19.6. The summed E-state index contributed by atoms with van der Waals surface area (Å²) in [5.74, 6) is -0.808. The number of ether oxygens (including phenoxy) is 2. The van der Waals surface area contributed by atoms with Crippen LogP contribution in [0.3, 0.4) is 0 Å². The van der Waals surface area contributed by atoms with E-state index >= 15 is 0 Å². The summed E-state index contributed by atoms with van der Waals surface area (Å²) in [5.41, 5.74) is 2.50. The van der Waals surface area contributed by atoms with E-state index in [1.54, 1.807) is 11.1 Å². The Kier molecular flexibility index (Phi) is 7.28. The minimum atomic E-state index is -1.08. The predicted molar refractivity (Wildman–Crippen MR) is 154 cm³/mol. The van der Waals surface area contributed by atoms with Crippen molar-refractivity contribution in [1.29, 1.82) is 0 Å². The summed E-state index contributed by atoms with van der Waals surface area (Å²) in [7, 11) is 0. The minimum Gasteiger partial charge on any atom is -0.490 e. The van der Waals surface area contributed by atoms with Gasteiger partial charge >= 0.3 is 0 Å². The molecule has 2 heterocycles. The Morgan fingerprint density at radius 1 is 0.810 bits per heavy atom. The molecule has 10 nitrogen and oxygen atoms in total. The van der Waals surface area contributed by atoms with E-state index in [1.165, 1.54) is 24.3 Å². The molecule has 4 aromatic carbocycles. The van der Waals surface area contributed by atoms with Crippen LogP contribution >= 0.6 is 0 Å². The fraction of sp³-hybridized carbons (Fsp3) is 0.188. The standard InChI is InChI=1S/C32H27N3O7/c1-2-40-27-19-22(13-18-26(27)41-20-21-9-5-3-6-10-21)29-28-30(42-34(29)24-11-7-4-8-12-24)32(37)33(31(28)36)23-14-16-25(17-15-23)35(38)39/h3-19,28-30H,2,20H2,1H3/t28-,29+,30-/m0/s1. The summed E-state index contributed by atoms with van der Waals surface area (Å²) in [5, 5.41) is 12.7. The molecule has 2 aliphatic heterocycles. The number of amides is 2. The van der Waals surface area contributed by atoms with E-state index in [2.05, 4.69) is 0 Å². The van der Waals surface area contributed by atoms with Crippen LogP contribution in [0, 0.1) is 16.0 Å². The smallest absolute Gasteiger partial charge is 0.269 e. The van der Waals surface area contributed by atoms with Gasteiger partial charge in [0.15, 0.2) is 17.6 Å². The van der Waals surface area contributed by atoms with Gasteiger partial charge in [0.1, 0.15) is 12.5 Å². The van der Waals surface area contributed by atoms with Crippen molar-refractivity contribution in [3.8, 4) is 11.5 Å². The van der Waals surface area contributed by atoms with Gasteiger partial charge in [0.25, 0.3) is 11.6 Å². The number of carbonyl (C=O) groups excluding carboxylic acids is 2. The van der Waals surface area contributed by atoms with Crippen LogP contribution in [0.1, 0.15) is 24.1 Å². The molecule has 2 saturated heterocycles. The van der Waals surface area contributed by atoms with Crippen molar-refractivity contribution in [2.45, 2.75) is 25.7 Å². The number of nitro groups is 1. The van der Waals surface area contributed by atoms with Gasteiger partial charge in [0.05, 0.1) is 28.9 Å². The van der Waals surface area contributed by atoms with Crippen molar-refractivity contribution >= 4 is 28.9 Å². The Morgan fingerprint density at radius 2 is 1.50 bits per heavy atom. The van der Waals surface area contributed by atoms with Gasteiger partial charge < -0.3 is 9.47 Å². The second kappa shape index (κ2) is 11.3. The number of hydroxylamine groups is 1. The zero-order chi connectivity index (χ0) is 29.2. The van der Waals surface area contributed by atoms with E-state index in [1.807, 2.05) is 79.7 Å². The Labute approximate surface area is 241 Å². The summed E-state index contributed by atoms with van der Waals surface area (Å²) >= 11 is 0. The van der Waals surface area contributed by atoms with Crippen LogP contribution in [0.5, 0.6) is 11.5 Å². The number of benzene rings is 4. The molecule has 6 rings (SSSR count). The predicted octanol–water partition coefficient (Wildman–Crippen LogP) is 5.62. The highest BCUT2D eigenvalue weighted by molar-refractivity contribution is 6.24. The van der Waals surface area contributed by atoms with E-state index in [-0.39, 0.29) is 11.4 Å². The highest BCUT2D eigenvalue weighted by Gasteiger charge is 2.60. The molecule has 0 N–H and O–H groups in total. The summed E-state index contributed by atoms with van der Waals surface area (Å²) in [6.07, 6.45) is -1.08. The summed E-state index contributed by atoms with van der Waals surface area (Å²) in [6.45, 7) is 2.62. The second-order valence-corrected chi connectivity index (χ2v) is 9.86. The van der Waals surface area contributed by atoms with Gasteiger partial charge in [-0.1, -0.05) is 54.6 Å². The van der Waals surface area contributed by atoms with E-state index < -0.39 is 34.8 Å². The lowest BCUT2D eigenvalue weighted by atomic mass is 9.90. The van der Waals surface area contributed by atoms with Gasteiger partial charge in [0.2, 0.25) is 5.91 Å². The fourth-order valence-electron chi connectivity index (χ4n) is 5.36. The number of imide groups is 1. The van der Waals surface area contributed by atoms with E-state index in [4.69, 9.17) is 14.3 Å². The molecule has 0 saturated carbocycles. The number of para-hydroxylation sites is 1. The summed E-state index contributed by atoms with van der Waals surface area (Å²) in [4.78, 5) is 45.4. The third-order valence-electron chi connectivity index (χ3n) is 7.29. The molecule has 0 aliphatic carbocycles. The number of nitro benzene ring substituents is 1. The third-order valence-corrected chi connectivity index (χ3v) is 7.29. The Balaban J connectivity index is 1.36. The van der Waals surface area contributed by atoms with Gasteiger partial charge in [-0.05, 0) is 54.4 Å². The van der Waals surface area contributed by atoms with Crippen LogP contribution in [0.4, 0.5) is 17.1 Å². The average molecular weight is 566 g/mol. The molecular formula is C32H27N3O7. The van der Waals surface area contributed by atoms with Gasteiger partial charge in [-0.25, -0.2) is 9.96 Å². The largest absolute Gasteiger partial charge is 0.490 e. The van der Waals surface area contributed by atoms with E-state index in [0.29, 0.717) is 36.0 Å². The molecule has 0 spiro atoms. The maximum absolute atomic E-state index is 13.9. The highest BCUT2D eigenvalue weighted by atomic mass is 16.7. The first-order valence-electron chi connectivity index (χ1n) is 13.5. The molecule has 0 unspecified atom stereocenters. The van der Waals surface area contributed by atoms with Gasteiger partial charge in [0, 0.05) is 12.1 Å². The quantitative estimate of drug-likeness (QED) is 0.146. The first-order chi connectivity index (χ1) is 20.5. The molecule has 0 aromatic heterocycles. The minimum absolute atomic E-state index is 0.138. The van der Waals surface area contributed by atoms with Crippen molar-refractivity contribution in [1.82, 2.24) is 0 Å². The van der Waals surface area contributed by atoms with Gasteiger partial charge in [-0.15, -0.1) is 0 Å². The molecule has 3 atom stereocenters. The van der Waals surface area contributed by atoms with Crippen LogP contribution in [-0.2, 0) is 21.0 Å². The molecule has 2 fully saturated rings.